The van der Waals surface area contributed by atoms with Gasteiger partial charge in [-0.15, -0.1) is 0 Å². The molecule has 3 aromatic rings. The first kappa shape index (κ1) is 14.4. The molecular weight excluding hydrogens is 270 g/mol. The summed E-state index contributed by atoms with van der Waals surface area (Å²) in [5.41, 5.74) is 10.9. The zero-order valence-corrected chi connectivity index (χ0v) is 13.0. The number of rotatable bonds is 4. The van der Waals surface area contributed by atoms with E-state index in [1.165, 1.54) is 11.1 Å². The molecule has 22 heavy (non-hydrogen) atoms. The number of nitrogen functional groups attached to an aromatic ring is 1. The lowest BCUT2D eigenvalue weighted by Gasteiger charge is -2.07. The maximum atomic E-state index is 6.26. The Kier molecular flexibility index (Phi) is 3.96. The third-order valence-electron chi connectivity index (χ3n) is 3.93. The molecule has 1 aromatic heterocycles. The van der Waals surface area contributed by atoms with Crippen molar-refractivity contribution in [2.45, 2.75) is 26.2 Å². The van der Waals surface area contributed by atoms with Crippen LogP contribution in [0.25, 0.3) is 5.69 Å². The number of hydrogen-bond acceptors (Lipinski definition) is 2. The van der Waals surface area contributed by atoms with Crippen LogP contribution in [0, 0.1) is 0 Å². The maximum Gasteiger partial charge on any atom is 0.130 e. The third kappa shape index (κ3) is 2.89. The van der Waals surface area contributed by atoms with E-state index in [-0.39, 0.29) is 0 Å². The Bertz CT molecular complexity index is 740. The average molecular weight is 291 g/mol. The normalized spacial score (nSPS) is 11.0. The number of nitrogens with two attached hydrogens (primary N) is 1. The Morgan fingerprint density at radius 1 is 1.00 bits per heavy atom. The summed E-state index contributed by atoms with van der Waals surface area (Å²) in [6.45, 7) is 4.41. The molecular formula is C19H21N3. The zero-order chi connectivity index (χ0) is 15.5. The van der Waals surface area contributed by atoms with Gasteiger partial charge in [0.2, 0.25) is 0 Å². The number of aromatic nitrogens is 2. The van der Waals surface area contributed by atoms with E-state index in [4.69, 9.17) is 5.73 Å². The number of para-hydroxylation sites is 1. The van der Waals surface area contributed by atoms with Crippen LogP contribution in [0.4, 0.5) is 5.82 Å². The van der Waals surface area contributed by atoms with Crippen LogP contribution in [-0.4, -0.2) is 9.78 Å². The lowest BCUT2D eigenvalue weighted by Crippen LogP contribution is -2.03. The molecule has 0 aliphatic rings. The molecule has 1 heterocycles. The fraction of sp³-hybridized carbons (Fsp3) is 0.211. The molecule has 0 spiro atoms. The second kappa shape index (κ2) is 6.06. The highest BCUT2D eigenvalue weighted by Gasteiger charge is 2.09. The van der Waals surface area contributed by atoms with Gasteiger partial charge in [-0.2, -0.15) is 5.10 Å². The lowest BCUT2D eigenvalue weighted by atomic mass is 9.99. The summed E-state index contributed by atoms with van der Waals surface area (Å²) in [7, 11) is 0. The van der Waals surface area contributed by atoms with Crippen LogP contribution >= 0.6 is 0 Å². The van der Waals surface area contributed by atoms with Gasteiger partial charge in [0.05, 0.1) is 11.9 Å². The highest BCUT2D eigenvalue weighted by molar-refractivity contribution is 5.48. The molecule has 3 rings (SSSR count). The van der Waals surface area contributed by atoms with Gasteiger partial charge in [0, 0.05) is 12.0 Å². The van der Waals surface area contributed by atoms with Crippen LogP contribution < -0.4 is 5.73 Å². The van der Waals surface area contributed by atoms with E-state index in [0.717, 1.165) is 17.7 Å². The Labute approximate surface area is 131 Å². The van der Waals surface area contributed by atoms with Gasteiger partial charge in [0.25, 0.3) is 0 Å². The van der Waals surface area contributed by atoms with E-state index in [9.17, 15) is 0 Å². The van der Waals surface area contributed by atoms with Crippen molar-refractivity contribution in [3.8, 4) is 5.69 Å². The van der Waals surface area contributed by atoms with E-state index in [1.807, 2.05) is 36.5 Å². The summed E-state index contributed by atoms with van der Waals surface area (Å²) in [6.07, 6.45) is 2.66. The number of hydrogen-bond donors (Lipinski definition) is 1. The first-order valence-corrected chi connectivity index (χ1v) is 7.62. The molecule has 3 nitrogen and oxygen atoms in total. The fourth-order valence-corrected chi connectivity index (χ4v) is 2.54. The molecule has 0 unspecified atom stereocenters. The molecule has 0 amide bonds. The van der Waals surface area contributed by atoms with Crippen LogP contribution in [0.2, 0.25) is 0 Å². The maximum absolute atomic E-state index is 6.26. The topological polar surface area (TPSA) is 43.8 Å². The van der Waals surface area contributed by atoms with Crippen LogP contribution in [-0.2, 0) is 6.42 Å². The predicted octanol–water partition coefficient (Wildman–Crippen LogP) is 4.17. The van der Waals surface area contributed by atoms with Crippen molar-refractivity contribution < 1.29 is 0 Å². The van der Waals surface area contributed by atoms with Gasteiger partial charge in [-0.3, -0.25) is 0 Å². The highest BCUT2D eigenvalue weighted by atomic mass is 15.3. The SMILES string of the molecule is CC(C)c1ccc(Cc2cnn(-c3ccccc3)c2N)cc1. The second-order valence-electron chi connectivity index (χ2n) is 5.88. The van der Waals surface area contributed by atoms with E-state index in [1.54, 1.807) is 4.68 Å². The summed E-state index contributed by atoms with van der Waals surface area (Å²) < 4.78 is 1.79. The number of anilines is 1. The Hall–Kier alpha value is -2.55. The van der Waals surface area contributed by atoms with Crippen LogP contribution in [0.5, 0.6) is 0 Å². The molecule has 3 heteroatoms. The number of benzene rings is 2. The van der Waals surface area contributed by atoms with Crippen LogP contribution in [0.3, 0.4) is 0 Å². The minimum atomic E-state index is 0.556. The molecule has 0 radical (unpaired) electrons. The van der Waals surface area contributed by atoms with Gasteiger partial charge >= 0.3 is 0 Å². The van der Waals surface area contributed by atoms with E-state index in [2.05, 4.69) is 43.2 Å². The third-order valence-corrected chi connectivity index (χ3v) is 3.93. The monoisotopic (exact) mass is 291 g/mol. The van der Waals surface area contributed by atoms with E-state index < -0.39 is 0 Å². The van der Waals surface area contributed by atoms with Crippen LogP contribution in [0.15, 0.2) is 60.8 Å². The number of nitrogens with zero attached hydrogens (tertiary/aromatic N) is 2. The Balaban J connectivity index is 1.83. The van der Waals surface area contributed by atoms with E-state index >= 15 is 0 Å². The molecule has 0 atom stereocenters. The predicted molar refractivity (Wildman–Crippen MR) is 91.3 cm³/mol. The highest BCUT2D eigenvalue weighted by Crippen LogP contribution is 2.21. The van der Waals surface area contributed by atoms with Gasteiger partial charge < -0.3 is 5.73 Å². The van der Waals surface area contributed by atoms with E-state index in [0.29, 0.717) is 11.7 Å². The Morgan fingerprint density at radius 3 is 2.32 bits per heavy atom. The minimum Gasteiger partial charge on any atom is -0.383 e. The van der Waals surface area contributed by atoms with Crippen molar-refractivity contribution in [2.24, 2.45) is 0 Å². The van der Waals surface area contributed by atoms with Crippen LogP contribution in [0.1, 0.15) is 36.5 Å². The standard InChI is InChI=1S/C19H21N3/c1-14(2)16-10-8-15(9-11-16)12-17-13-21-22(19(17)20)18-6-4-3-5-7-18/h3-11,13-14H,12,20H2,1-2H3. The molecule has 0 aliphatic carbocycles. The lowest BCUT2D eigenvalue weighted by molar-refractivity contribution is 0.865. The first-order valence-electron chi connectivity index (χ1n) is 7.62. The molecule has 0 saturated carbocycles. The molecule has 0 bridgehead atoms. The van der Waals surface area contributed by atoms with Gasteiger partial charge in [-0.05, 0) is 29.2 Å². The average Bonchev–Trinajstić information content (AvgIpc) is 2.90. The van der Waals surface area contributed by atoms with Gasteiger partial charge in [-0.25, -0.2) is 4.68 Å². The molecule has 112 valence electrons. The molecule has 2 N–H and O–H groups in total. The van der Waals surface area contributed by atoms with Crippen molar-refractivity contribution in [2.75, 3.05) is 5.73 Å². The summed E-state index contributed by atoms with van der Waals surface area (Å²) in [4.78, 5) is 0. The van der Waals surface area contributed by atoms with Crippen molar-refractivity contribution >= 4 is 5.82 Å². The summed E-state index contributed by atoms with van der Waals surface area (Å²) >= 11 is 0. The summed E-state index contributed by atoms with van der Waals surface area (Å²) in [5, 5.41) is 4.42. The van der Waals surface area contributed by atoms with Crippen molar-refractivity contribution in [3.05, 3.63) is 77.5 Å². The molecule has 0 fully saturated rings. The Morgan fingerprint density at radius 2 is 1.68 bits per heavy atom. The summed E-state index contributed by atoms with van der Waals surface area (Å²) in [6, 6.07) is 18.7. The van der Waals surface area contributed by atoms with Gasteiger partial charge in [0.15, 0.2) is 0 Å². The zero-order valence-electron chi connectivity index (χ0n) is 13.0. The fourth-order valence-electron chi connectivity index (χ4n) is 2.54. The largest absolute Gasteiger partial charge is 0.383 e. The smallest absolute Gasteiger partial charge is 0.130 e. The molecule has 0 saturated heterocycles. The van der Waals surface area contributed by atoms with Crippen molar-refractivity contribution in [1.29, 1.82) is 0 Å². The van der Waals surface area contributed by atoms with Crippen molar-refractivity contribution in [1.82, 2.24) is 9.78 Å². The molecule has 2 aromatic carbocycles. The first-order chi connectivity index (χ1) is 10.6. The van der Waals surface area contributed by atoms with Crippen molar-refractivity contribution in [3.63, 3.8) is 0 Å². The van der Waals surface area contributed by atoms with Gasteiger partial charge in [-0.1, -0.05) is 56.3 Å². The minimum absolute atomic E-state index is 0.556. The summed E-state index contributed by atoms with van der Waals surface area (Å²) in [5.74, 6) is 1.26. The second-order valence-corrected chi connectivity index (χ2v) is 5.88. The van der Waals surface area contributed by atoms with Gasteiger partial charge in [0.1, 0.15) is 5.82 Å². The molecule has 0 aliphatic heterocycles. The quantitative estimate of drug-likeness (QED) is 0.784.